The predicted octanol–water partition coefficient (Wildman–Crippen LogP) is 3.08. The molecule has 1 aliphatic rings. The number of methoxy groups -OCH3 is 1. The van der Waals surface area contributed by atoms with Crippen LogP contribution in [0, 0.1) is 0 Å². The summed E-state index contributed by atoms with van der Waals surface area (Å²) in [5.41, 5.74) is 1.76. The van der Waals surface area contributed by atoms with Crippen LogP contribution in [-0.4, -0.2) is 49.7 Å². The van der Waals surface area contributed by atoms with E-state index in [1.54, 1.807) is 12.1 Å². The number of halogens is 1. The number of carbonyl (C=O) groups is 1. The van der Waals surface area contributed by atoms with Gasteiger partial charge in [-0.1, -0.05) is 12.1 Å². The molecule has 1 atom stereocenters. The van der Waals surface area contributed by atoms with Crippen LogP contribution < -0.4 is 10.6 Å². The summed E-state index contributed by atoms with van der Waals surface area (Å²) in [4.78, 5) is 16.1. The molecule has 0 radical (unpaired) electrons. The standard InChI is InChI=1S/C18H27N3O2S.HI/c1-3-19-18(21-13-16-5-4-12-24-16)20-11-10-14-6-8-15(9-7-14)17(22)23-2;/h6-9,16H,3-5,10-13H2,1-2H3,(H2,19,20,21);1H. The average molecular weight is 477 g/mol. The largest absolute Gasteiger partial charge is 0.465 e. The van der Waals surface area contributed by atoms with E-state index < -0.39 is 0 Å². The van der Waals surface area contributed by atoms with Crippen molar-refractivity contribution in [2.24, 2.45) is 4.99 Å². The average Bonchev–Trinajstić information content (AvgIpc) is 3.13. The first kappa shape index (κ1) is 22.1. The number of nitrogens with one attached hydrogen (secondary N) is 2. The monoisotopic (exact) mass is 477 g/mol. The van der Waals surface area contributed by atoms with Gasteiger partial charge in [0, 0.05) is 18.3 Å². The summed E-state index contributed by atoms with van der Waals surface area (Å²) in [6, 6.07) is 7.54. The maximum atomic E-state index is 11.4. The molecular weight excluding hydrogens is 449 g/mol. The van der Waals surface area contributed by atoms with Crippen molar-refractivity contribution in [1.82, 2.24) is 10.6 Å². The molecule has 0 aliphatic carbocycles. The van der Waals surface area contributed by atoms with Gasteiger partial charge in [0.25, 0.3) is 0 Å². The van der Waals surface area contributed by atoms with Gasteiger partial charge >= 0.3 is 5.97 Å². The Bertz CT molecular complexity index is 546. The van der Waals surface area contributed by atoms with Gasteiger partial charge < -0.3 is 15.4 Å². The number of nitrogens with zero attached hydrogens (tertiary/aromatic N) is 1. The van der Waals surface area contributed by atoms with Gasteiger partial charge in [-0.15, -0.1) is 24.0 Å². The van der Waals surface area contributed by atoms with Crippen molar-refractivity contribution in [3.05, 3.63) is 35.4 Å². The van der Waals surface area contributed by atoms with Crippen molar-refractivity contribution in [2.45, 2.75) is 31.4 Å². The molecule has 7 heteroatoms. The number of guanidine groups is 1. The van der Waals surface area contributed by atoms with Crippen LogP contribution in [0.3, 0.4) is 0 Å². The minimum atomic E-state index is -0.300. The molecule has 1 unspecified atom stereocenters. The lowest BCUT2D eigenvalue weighted by molar-refractivity contribution is 0.0600. The Morgan fingerprint density at radius 2 is 2.08 bits per heavy atom. The Morgan fingerprint density at radius 3 is 2.68 bits per heavy atom. The maximum absolute atomic E-state index is 11.4. The summed E-state index contributed by atoms with van der Waals surface area (Å²) in [6.45, 7) is 4.62. The van der Waals surface area contributed by atoms with E-state index in [2.05, 4.69) is 22.5 Å². The van der Waals surface area contributed by atoms with Crippen LogP contribution in [0.4, 0.5) is 0 Å². The van der Waals surface area contributed by atoms with E-state index in [-0.39, 0.29) is 29.9 Å². The molecule has 0 spiro atoms. The van der Waals surface area contributed by atoms with Crippen molar-refractivity contribution < 1.29 is 9.53 Å². The molecule has 2 N–H and O–H groups in total. The van der Waals surface area contributed by atoms with Gasteiger partial charge in [-0.25, -0.2) is 4.79 Å². The van der Waals surface area contributed by atoms with Gasteiger partial charge in [0.05, 0.1) is 19.2 Å². The highest BCUT2D eigenvalue weighted by Gasteiger charge is 2.14. The van der Waals surface area contributed by atoms with E-state index in [0.29, 0.717) is 10.8 Å². The molecule has 5 nitrogen and oxygen atoms in total. The van der Waals surface area contributed by atoms with Crippen LogP contribution in [0.2, 0.25) is 0 Å². The second-order valence-corrected chi connectivity index (χ2v) is 7.13. The Balaban J connectivity index is 0.00000312. The Morgan fingerprint density at radius 1 is 1.32 bits per heavy atom. The molecule has 25 heavy (non-hydrogen) atoms. The molecule has 1 aromatic rings. The Kier molecular flexibility index (Phi) is 11.0. The van der Waals surface area contributed by atoms with Gasteiger partial charge in [0.15, 0.2) is 5.96 Å². The number of hydrogen-bond donors (Lipinski definition) is 2. The van der Waals surface area contributed by atoms with Crippen molar-refractivity contribution in [2.75, 3.05) is 32.5 Å². The molecule has 0 saturated carbocycles. The molecule has 1 saturated heterocycles. The third-order valence-electron chi connectivity index (χ3n) is 3.90. The molecule has 0 amide bonds. The summed E-state index contributed by atoms with van der Waals surface area (Å²) in [6.07, 6.45) is 3.47. The van der Waals surface area contributed by atoms with Crippen LogP contribution >= 0.6 is 35.7 Å². The fourth-order valence-corrected chi connectivity index (χ4v) is 3.75. The fraction of sp³-hybridized carbons (Fsp3) is 0.556. The highest BCUT2D eigenvalue weighted by atomic mass is 127. The number of thioether (sulfide) groups is 1. The highest BCUT2D eigenvalue weighted by molar-refractivity contribution is 14.0. The molecule has 1 fully saturated rings. The molecule has 2 rings (SSSR count). The number of rotatable bonds is 7. The van der Waals surface area contributed by atoms with Crippen LogP contribution in [-0.2, 0) is 11.2 Å². The summed E-state index contributed by atoms with van der Waals surface area (Å²) in [7, 11) is 1.39. The van der Waals surface area contributed by atoms with E-state index in [4.69, 9.17) is 4.74 Å². The van der Waals surface area contributed by atoms with Gasteiger partial charge in [0.1, 0.15) is 0 Å². The molecule has 0 aromatic heterocycles. The van der Waals surface area contributed by atoms with Crippen molar-refractivity contribution >= 4 is 47.7 Å². The lowest BCUT2D eigenvalue weighted by atomic mass is 10.1. The Hall–Kier alpha value is -0.960. The second kappa shape index (κ2) is 12.4. The lowest BCUT2D eigenvalue weighted by Crippen LogP contribution is -2.38. The first-order valence-electron chi connectivity index (χ1n) is 8.54. The summed E-state index contributed by atoms with van der Waals surface area (Å²) >= 11 is 2.03. The molecule has 140 valence electrons. The van der Waals surface area contributed by atoms with Crippen molar-refractivity contribution in [1.29, 1.82) is 0 Å². The second-order valence-electron chi connectivity index (χ2n) is 5.72. The van der Waals surface area contributed by atoms with E-state index in [1.807, 2.05) is 23.9 Å². The third kappa shape index (κ3) is 7.85. The number of ether oxygens (including phenoxy) is 1. The zero-order valence-corrected chi connectivity index (χ0v) is 18.1. The first-order chi connectivity index (χ1) is 11.7. The van der Waals surface area contributed by atoms with Crippen molar-refractivity contribution in [3.63, 3.8) is 0 Å². The summed E-state index contributed by atoms with van der Waals surface area (Å²) in [5, 5.41) is 7.35. The minimum Gasteiger partial charge on any atom is -0.465 e. The SMILES string of the molecule is CCNC(=NCC1CCCS1)NCCc1ccc(C(=O)OC)cc1.I. The van der Waals surface area contributed by atoms with Gasteiger partial charge in [-0.3, -0.25) is 4.99 Å². The maximum Gasteiger partial charge on any atom is 0.337 e. The fourth-order valence-electron chi connectivity index (χ4n) is 2.57. The van der Waals surface area contributed by atoms with E-state index in [0.717, 1.165) is 32.0 Å². The van der Waals surface area contributed by atoms with Crippen LogP contribution in [0.15, 0.2) is 29.3 Å². The minimum absolute atomic E-state index is 0. The highest BCUT2D eigenvalue weighted by Crippen LogP contribution is 2.25. The zero-order chi connectivity index (χ0) is 17.2. The molecule has 0 bridgehead atoms. The number of hydrogen-bond acceptors (Lipinski definition) is 4. The van der Waals surface area contributed by atoms with E-state index in [1.165, 1.54) is 31.3 Å². The van der Waals surface area contributed by atoms with Gasteiger partial charge in [-0.2, -0.15) is 11.8 Å². The molecular formula is C18H28IN3O2S. The molecule has 1 aromatic carbocycles. The molecule has 1 heterocycles. The van der Waals surface area contributed by atoms with Gasteiger partial charge in [0.2, 0.25) is 0 Å². The van der Waals surface area contributed by atoms with E-state index >= 15 is 0 Å². The lowest BCUT2D eigenvalue weighted by Gasteiger charge is -2.13. The quantitative estimate of drug-likeness (QED) is 0.274. The first-order valence-corrected chi connectivity index (χ1v) is 9.59. The topological polar surface area (TPSA) is 62.7 Å². The predicted molar refractivity (Wildman–Crippen MR) is 116 cm³/mol. The van der Waals surface area contributed by atoms with Crippen LogP contribution in [0.25, 0.3) is 0 Å². The third-order valence-corrected chi connectivity index (χ3v) is 5.28. The van der Waals surface area contributed by atoms with Crippen LogP contribution in [0.1, 0.15) is 35.7 Å². The zero-order valence-electron chi connectivity index (χ0n) is 14.9. The Labute approximate surface area is 171 Å². The summed E-state index contributed by atoms with van der Waals surface area (Å²) in [5.74, 6) is 1.85. The number of esters is 1. The normalized spacial score (nSPS) is 16.9. The smallest absolute Gasteiger partial charge is 0.337 e. The summed E-state index contributed by atoms with van der Waals surface area (Å²) < 4.78 is 4.71. The van der Waals surface area contributed by atoms with Crippen molar-refractivity contribution in [3.8, 4) is 0 Å². The number of benzene rings is 1. The van der Waals surface area contributed by atoms with Crippen LogP contribution in [0.5, 0.6) is 0 Å². The van der Waals surface area contributed by atoms with E-state index in [9.17, 15) is 4.79 Å². The number of carbonyl (C=O) groups excluding carboxylic acids is 1. The molecule has 1 aliphatic heterocycles. The van der Waals surface area contributed by atoms with Gasteiger partial charge in [-0.05, 0) is 49.6 Å². The number of aliphatic imine (C=N–C) groups is 1.